The lowest BCUT2D eigenvalue weighted by Gasteiger charge is -2.43. The number of aryl methyl sites for hydroxylation is 2. The summed E-state index contributed by atoms with van der Waals surface area (Å²) in [5.74, 6) is 1.46. The van der Waals surface area contributed by atoms with Crippen molar-refractivity contribution in [3.8, 4) is 5.75 Å². The van der Waals surface area contributed by atoms with Crippen molar-refractivity contribution in [1.29, 1.82) is 0 Å². The Balaban J connectivity index is 1.60. The maximum atomic E-state index is 12.9. The van der Waals surface area contributed by atoms with E-state index < -0.39 is 15.1 Å². The molecule has 3 heterocycles. The van der Waals surface area contributed by atoms with Crippen molar-refractivity contribution in [1.82, 2.24) is 24.6 Å². The molecule has 1 aromatic carbocycles. The van der Waals surface area contributed by atoms with Crippen molar-refractivity contribution in [2.45, 2.75) is 69.2 Å². The first-order chi connectivity index (χ1) is 19.3. The Morgan fingerprint density at radius 2 is 1.98 bits per heavy atom. The number of sulfone groups is 1. The maximum Gasteiger partial charge on any atom is 0.229 e. The first kappa shape index (κ1) is 31.0. The number of aliphatic hydroxyl groups excluding tert-OH is 1. The molecule has 0 aliphatic carbocycles. The molecule has 41 heavy (non-hydrogen) atoms. The van der Waals surface area contributed by atoms with Crippen molar-refractivity contribution in [2.75, 3.05) is 37.4 Å². The second kappa shape index (κ2) is 12.1. The van der Waals surface area contributed by atoms with Crippen molar-refractivity contribution in [3.63, 3.8) is 0 Å². The summed E-state index contributed by atoms with van der Waals surface area (Å²) in [7, 11) is -0.377. The molecule has 0 spiro atoms. The van der Waals surface area contributed by atoms with Crippen LogP contribution in [0.5, 0.6) is 5.75 Å². The third kappa shape index (κ3) is 6.61. The molecule has 0 bridgehead atoms. The summed E-state index contributed by atoms with van der Waals surface area (Å²) in [6, 6.07) is 4.08. The van der Waals surface area contributed by atoms with Gasteiger partial charge in [0.15, 0.2) is 5.82 Å². The highest BCUT2D eigenvalue weighted by Crippen LogP contribution is 2.38. The van der Waals surface area contributed by atoms with Crippen LogP contribution in [0.15, 0.2) is 29.6 Å². The molecule has 1 aliphatic heterocycles. The zero-order valence-corrected chi connectivity index (χ0v) is 26.3. The minimum absolute atomic E-state index is 0.0734. The van der Waals surface area contributed by atoms with Crippen LogP contribution in [0, 0.1) is 6.92 Å². The number of rotatable bonds is 10. The molecular formula is C28H40ClN7O4S. The van der Waals surface area contributed by atoms with Gasteiger partial charge < -0.3 is 20.5 Å². The number of hydrogen-bond acceptors (Lipinski definition) is 10. The number of benzene rings is 1. The van der Waals surface area contributed by atoms with Crippen LogP contribution in [0.4, 0.5) is 23.1 Å². The predicted octanol–water partition coefficient (Wildman–Crippen LogP) is 4.80. The van der Waals surface area contributed by atoms with Gasteiger partial charge in [-0.15, -0.1) is 0 Å². The van der Waals surface area contributed by atoms with E-state index in [0.717, 1.165) is 31.5 Å². The number of halogens is 1. The van der Waals surface area contributed by atoms with Gasteiger partial charge in [-0.25, -0.2) is 13.4 Å². The lowest BCUT2D eigenvalue weighted by molar-refractivity contribution is 0.0355. The van der Waals surface area contributed by atoms with E-state index in [0.29, 0.717) is 17.4 Å². The van der Waals surface area contributed by atoms with Crippen LogP contribution in [0.25, 0.3) is 0 Å². The van der Waals surface area contributed by atoms with E-state index >= 15 is 0 Å². The van der Waals surface area contributed by atoms with Gasteiger partial charge in [-0.1, -0.05) is 11.6 Å². The summed E-state index contributed by atoms with van der Waals surface area (Å²) in [6.07, 6.45) is 5.13. The van der Waals surface area contributed by atoms with Crippen LogP contribution in [-0.2, 0) is 16.9 Å². The third-order valence-corrected chi connectivity index (χ3v) is 9.98. The van der Waals surface area contributed by atoms with Crippen LogP contribution in [0.2, 0.25) is 5.02 Å². The zero-order chi connectivity index (χ0) is 30.1. The summed E-state index contributed by atoms with van der Waals surface area (Å²) >= 11 is 6.39. The fraction of sp³-hybridized carbons (Fsp3) is 0.536. The largest absolute Gasteiger partial charge is 0.495 e. The molecule has 1 fully saturated rings. The molecular weight excluding hydrogens is 566 g/mol. The smallest absolute Gasteiger partial charge is 0.229 e. The Labute approximate surface area is 247 Å². The number of methoxy groups -OCH3 is 1. The van der Waals surface area contributed by atoms with Gasteiger partial charge in [0, 0.05) is 25.3 Å². The van der Waals surface area contributed by atoms with Gasteiger partial charge in [-0.2, -0.15) is 10.1 Å². The number of piperidine rings is 1. The molecule has 4 rings (SSSR count). The Morgan fingerprint density at radius 3 is 2.63 bits per heavy atom. The van der Waals surface area contributed by atoms with Crippen LogP contribution in [0.3, 0.4) is 0 Å². The normalized spacial score (nSPS) is 16.7. The molecule has 13 heteroatoms. The summed E-state index contributed by atoms with van der Waals surface area (Å²) < 4.78 is 32.9. The van der Waals surface area contributed by atoms with Crippen LogP contribution < -0.4 is 15.4 Å². The Morgan fingerprint density at radius 1 is 1.24 bits per heavy atom. The molecule has 224 valence electrons. The van der Waals surface area contributed by atoms with E-state index in [-0.39, 0.29) is 39.6 Å². The Hall–Kier alpha value is -2.93. The van der Waals surface area contributed by atoms with Crippen molar-refractivity contribution >= 4 is 44.6 Å². The molecule has 1 unspecified atom stereocenters. The van der Waals surface area contributed by atoms with E-state index in [2.05, 4.69) is 57.4 Å². The minimum atomic E-state index is -3.65. The van der Waals surface area contributed by atoms with Crippen molar-refractivity contribution in [2.24, 2.45) is 7.05 Å². The lowest BCUT2D eigenvalue weighted by Crippen LogP contribution is -2.50. The third-order valence-electron chi connectivity index (χ3n) is 7.62. The number of ether oxygens (including phenoxy) is 1. The molecule has 1 saturated heterocycles. The number of likely N-dealkylation sites (tertiary alicyclic amines) is 1. The van der Waals surface area contributed by atoms with E-state index in [1.807, 2.05) is 6.07 Å². The molecule has 11 nitrogen and oxygen atoms in total. The van der Waals surface area contributed by atoms with E-state index in [1.54, 1.807) is 34.2 Å². The molecule has 3 N–H and O–H groups in total. The molecule has 3 aromatic rings. The van der Waals surface area contributed by atoms with Gasteiger partial charge in [-0.05, 0) is 83.2 Å². The molecule has 0 amide bonds. The number of nitrogens with one attached hydrogen (secondary N) is 2. The molecule has 1 atom stereocenters. The Kier molecular flexibility index (Phi) is 9.17. The van der Waals surface area contributed by atoms with Gasteiger partial charge in [0.05, 0.1) is 36.5 Å². The average molecular weight is 606 g/mol. The quantitative estimate of drug-likeness (QED) is 0.296. The van der Waals surface area contributed by atoms with Crippen LogP contribution >= 0.6 is 11.6 Å². The predicted molar refractivity (Wildman–Crippen MR) is 162 cm³/mol. The highest BCUT2D eigenvalue weighted by molar-refractivity contribution is 7.92. The van der Waals surface area contributed by atoms with E-state index in [9.17, 15) is 13.5 Å². The maximum absolute atomic E-state index is 12.9. The summed E-state index contributed by atoms with van der Waals surface area (Å²) in [5, 5.41) is 19.8. The summed E-state index contributed by atoms with van der Waals surface area (Å²) in [6.45, 7) is 11.4. The van der Waals surface area contributed by atoms with E-state index in [4.69, 9.17) is 16.3 Å². The van der Waals surface area contributed by atoms with Gasteiger partial charge in [0.1, 0.15) is 10.8 Å². The SMILES string of the molecule is COc1cc(C2CCCN(C(C)(C)CO)C2)c(C)cc1Nc1ncc(Cl)c(Nc2cn(C)nc2S(=O)(=O)C(C)C)n1. The molecule has 1 aliphatic rings. The standard InChI is InChI=1S/C28H40ClN7O4S/c1-17(2)41(38,39)26-23(15-35(6)34-26)31-25-21(29)13-30-27(33-25)32-22-11-18(3)20(12-24(22)40-7)19-9-8-10-36(14-19)28(4,5)16-37/h11-13,15,17,19,37H,8-10,14,16H2,1-7H3,(H2,30,31,32,33). The van der Waals surface area contributed by atoms with Crippen molar-refractivity contribution in [3.05, 3.63) is 40.7 Å². The number of aromatic nitrogens is 4. The fourth-order valence-corrected chi connectivity index (χ4v) is 6.28. The lowest BCUT2D eigenvalue weighted by atomic mass is 9.85. The number of aliphatic hydroxyl groups is 1. The summed E-state index contributed by atoms with van der Waals surface area (Å²) in [5.41, 5.74) is 3.01. The van der Waals surface area contributed by atoms with Crippen LogP contribution in [-0.4, -0.2) is 75.8 Å². The van der Waals surface area contributed by atoms with Gasteiger partial charge in [-0.3, -0.25) is 9.58 Å². The highest BCUT2D eigenvalue weighted by Gasteiger charge is 2.32. The average Bonchev–Trinajstić information content (AvgIpc) is 3.31. The second-order valence-corrected chi connectivity index (χ2v) is 14.2. The van der Waals surface area contributed by atoms with Crippen LogP contribution in [0.1, 0.15) is 57.6 Å². The monoisotopic (exact) mass is 605 g/mol. The number of hydrogen-bond donors (Lipinski definition) is 3. The minimum Gasteiger partial charge on any atom is -0.495 e. The van der Waals surface area contributed by atoms with Crippen molar-refractivity contribution < 1.29 is 18.3 Å². The number of anilines is 4. The van der Waals surface area contributed by atoms with E-state index in [1.165, 1.54) is 16.4 Å². The first-order valence-corrected chi connectivity index (χ1v) is 15.6. The first-order valence-electron chi connectivity index (χ1n) is 13.7. The van der Waals surface area contributed by atoms with Gasteiger partial charge >= 0.3 is 0 Å². The molecule has 0 radical (unpaired) electrons. The molecule has 2 aromatic heterocycles. The van der Waals surface area contributed by atoms with Gasteiger partial charge in [0.25, 0.3) is 0 Å². The summed E-state index contributed by atoms with van der Waals surface area (Å²) in [4.78, 5) is 11.2. The highest BCUT2D eigenvalue weighted by atomic mass is 35.5. The molecule has 0 saturated carbocycles. The fourth-order valence-electron chi connectivity index (χ4n) is 5.04. The Bertz CT molecular complexity index is 1510. The van der Waals surface area contributed by atoms with Gasteiger partial charge in [0.2, 0.25) is 20.8 Å². The second-order valence-electron chi connectivity index (χ2n) is 11.4. The zero-order valence-electron chi connectivity index (χ0n) is 24.7. The number of nitrogens with zero attached hydrogens (tertiary/aromatic N) is 5. The topological polar surface area (TPSA) is 134 Å².